The average molecular weight is 391 g/mol. The van der Waals surface area contributed by atoms with Crippen LogP contribution < -0.4 is 0 Å². The maximum Gasteiger partial charge on any atom is 0.320 e. The van der Waals surface area contributed by atoms with Crippen LogP contribution in [0.5, 0.6) is 0 Å². The summed E-state index contributed by atoms with van der Waals surface area (Å²) in [7, 11) is 0. The third-order valence-corrected chi connectivity index (χ3v) is 5.60. The molecule has 0 spiro atoms. The molecular weight excluding hydrogens is 366 g/mol. The van der Waals surface area contributed by atoms with Gasteiger partial charge in [-0.25, -0.2) is 9.78 Å². The van der Waals surface area contributed by atoms with Crippen molar-refractivity contribution in [3.63, 3.8) is 0 Å². The maximum absolute atomic E-state index is 12.7. The molecule has 1 aromatic heterocycles. The fourth-order valence-electron chi connectivity index (χ4n) is 4.07. The van der Waals surface area contributed by atoms with Gasteiger partial charge in [0.2, 0.25) is 0 Å². The third-order valence-electron chi connectivity index (χ3n) is 5.60. The van der Waals surface area contributed by atoms with E-state index < -0.39 is 6.10 Å². The van der Waals surface area contributed by atoms with Gasteiger partial charge in [0.25, 0.3) is 0 Å². The van der Waals surface area contributed by atoms with Gasteiger partial charge in [0.1, 0.15) is 11.8 Å². The Labute approximate surface area is 170 Å². The van der Waals surface area contributed by atoms with E-state index in [1.807, 2.05) is 12.1 Å². The topological polar surface area (TPSA) is 83.7 Å². The molecule has 1 aromatic carbocycles. The Kier molecular flexibility index (Phi) is 5.74. The van der Waals surface area contributed by atoms with Gasteiger partial charge in [0.15, 0.2) is 0 Å². The first kappa shape index (κ1) is 19.4. The number of amides is 2. The molecule has 1 fully saturated rings. The number of hydrogen-bond donors (Lipinski definition) is 1. The van der Waals surface area contributed by atoms with E-state index in [-0.39, 0.29) is 6.03 Å². The second kappa shape index (κ2) is 8.60. The van der Waals surface area contributed by atoms with Crippen molar-refractivity contribution in [2.24, 2.45) is 0 Å². The van der Waals surface area contributed by atoms with Gasteiger partial charge in [-0.15, -0.1) is 0 Å². The molecule has 4 rings (SSSR count). The van der Waals surface area contributed by atoms with E-state index in [2.05, 4.69) is 34.1 Å². The average Bonchev–Trinajstić information content (AvgIpc) is 3.07. The number of carbonyl (C=O) groups is 1. The van der Waals surface area contributed by atoms with Crippen LogP contribution in [0.1, 0.15) is 22.4 Å². The first-order chi connectivity index (χ1) is 14.1. The lowest BCUT2D eigenvalue weighted by molar-refractivity contribution is 0.0812. The molecule has 0 bridgehead atoms. The molecule has 29 heavy (non-hydrogen) atoms. The van der Waals surface area contributed by atoms with Crippen molar-refractivity contribution in [3.05, 3.63) is 65.0 Å². The highest BCUT2D eigenvalue weighted by Gasteiger charge is 2.30. The maximum atomic E-state index is 12.7. The van der Waals surface area contributed by atoms with Gasteiger partial charge in [-0.3, -0.25) is 4.90 Å². The van der Waals surface area contributed by atoms with Gasteiger partial charge in [-0.2, -0.15) is 5.26 Å². The van der Waals surface area contributed by atoms with E-state index in [4.69, 9.17) is 5.26 Å². The standard InChI is InChI=1S/C22H25N5O2/c23-11-20-6-5-17(12-24-20)13-26-9-10-27(22(26)29)16-21(28)15-25-8-7-18-3-1-2-4-19(18)14-25/h1-6,12,21,28H,7-10,13-16H2. The molecule has 2 amide bonds. The highest BCUT2D eigenvalue weighted by molar-refractivity contribution is 5.76. The van der Waals surface area contributed by atoms with E-state index in [0.29, 0.717) is 38.4 Å². The zero-order valence-electron chi connectivity index (χ0n) is 16.4. The lowest BCUT2D eigenvalue weighted by Crippen LogP contribution is -2.43. The fraction of sp³-hybridized carbons (Fsp3) is 0.409. The van der Waals surface area contributed by atoms with E-state index in [1.54, 1.807) is 22.1 Å². The molecule has 1 unspecified atom stereocenters. The van der Waals surface area contributed by atoms with Crippen molar-refractivity contribution in [1.29, 1.82) is 5.26 Å². The molecule has 0 saturated carbocycles. The number of fused-ring (bicyclic) bond motifs is 1. The number of hydrogen-bond acceptors (Lipinski definition) is 5. The summed E-state index contributed by atoms with van der Waals surface area (Å²) in [6.07, 6.45) is 2.07. The largest absolute Gasteiger partial charge is 0.390 e. The number of aromatic nitrogens is 1. The smallest absolute Gasteiger partial charge is 0.320 e. The number of pyridine rings is 1. The summed E-state index contributed by atoms with van der Waals surface area (Å²) in [5.41, 5.74) is 3.98. The summed E-state index contributed by atoms with van der Waals surface area (Å²) in [6.45, 7) is 4.40. The van der Waals surface area contributed by atoms with Crippen molar-refractivity contribution in [3.8, 4) is 6.07 Å². The third kappa shape index (κ3) is 4.56. The number of nitrogens with zero attached hydrogens (tertiary/aromatic N) is 5. The summed E-state index contributed by atoms with van der Waals surface area (Å²) in [4.78, 5) is 22.5. The summed E-state index contributed by atoms with van der Waals surface area (Å²) >= 11 is 0. The first-order valence-corrected chi connectivity index (χ1v) is 9.98. The van der Waals surface area contributed by atoms with Crippen LogP contribution in [-0.4, -0.2) is 69.6 Å². The van der Waals surface area contributed by atoms with E-state index >= 15 is 0 Å². The lowest BCUT2D eigenvalue weighted by Gasteiger charge is -2.31. The van der Waals surface area contributed by atoms with Crippen LogP contribution >= 0.6 is 0 Å². The Morgan fingerprint density at radius 1 is 1.07 bits per heavy atom. The Hall–Kier alpha value is -2.95. The quantitative estimate of drug-likeness (QED) is 0.809. The van der Waals surface area contributed by atoms with Crippen molar-refractivity contribution in [1.82, 2.24) is 19.7 Å². The van der Waals surface area contributed by atoms with E-state index in [9.17, 15) is 9.90 Å². The molecule has 2 aliphatic heterocycles. The molecule has 0 radical (unpaired) electrons. The number of carbonyl (C=O) groups excluding carboxylic acids is 1. The number of aliphatic hydroxyl groups is 1. The molecule has 1 N–H and O–H groups in total. The van der Waals surface area contributed by atoms with Gasteiger partial charge in [0, 0.05) is 52.0 Å². The highest BCUT2D eigenvalue weighted by atomic mass is 16.3. The van der Waals surface area contributed by atoms with Crippen molar-refractivity contribution in [2.75, 3.05) is 32.7 Å². The highest BCUT2D eigenvalue weighted by Crippen LogP contribution is 2.19. The molecule has 7 nitrogen and oxygen atoms in total. The Morgan fingerprint density at radius 2 is 1.86 bits per heavy atom. The number of rotatable bonds is 6. The van der Waals surface area contributed by atoms with Gasteiger partial charge in [0.05, 0.1) is 6.10 Å². The molecule has 1 saturated heterocycles. The summed E-state index contributed by atoms with van der Waals surface area (Å²) in [6, 6.07) is 13.9. The van der Waals surface area contributed by atoms with Crippen LogP contribution in [-0.2, 0) is 19.5 Å². The van der Waals surface area contributed by atoms with Crippen LogP contribution in [0.4, 0.5) is 4.79 Å². The molecule has 3 heterocycles. The SMILES string of the molecule is N#Cc1ccc(CN2CCN(CC(O)CN3CCc4ccccc4C3)C2=O)cn1. The van der Waals surface area contributed by atoms with Gasteiger partial charge in [-0.1, -0.05) is 30.3 Å². The Morgan fingerprint density at radius 3 is 2.62 bits per heavy atom. The Bertz CT molecular complexity index is 908. The first-order valence-electron chi connectivity index (χ1n) is 9.98. The monoisotopic (exact) mass is 391 g/mol. The molecule has 1 atom stereocenters. The Balaban J connectivity index is 1.27. The minimum Gasteiger partial charge on any atom is -0.390 e. The fourth-order valence-corrected chi connectivity index (χ4v) is 4.07. The number of urea groups is 1. The van der Waals surface area contributed by atoms with Crippen LogP contribution in [0.15, 0.2) is 42.6 Å². The summed E-state index contributed by atoms with van der Waals surface area (Å²) in [5.74, 6) is 0. The molecule has 0 aliphatic carbocycles. The molecule has 2 aromatic rings. The second-order valence-electron chi connectivity index (χ2n) is 7.72. The second-order valence-corrected chi connectivity index (χ2v) is 7.72. The van der Waals surface area contributed by atoms with Gasteiger partial charge < -0.3 is 14.9 Å². The van der Waals surface area contributed by atoms with Gasteiger partial charge in [-0.05, 0) is 29.2 Å². The van der Waals surface area contributed by atoms with Crippen LogP contribution in [0.3, 0.4) is 0 Å². The zero-order valence-corrected chi connectivity index (χ0v) is 16.4. The van der Waals surface area contributed by atoms with Crippen LogP contribution in [0, 0.1) is 11.3 Å². The van der Waals surface area contributed by atoms with Gasteiger partial charge >= 0.3 is 6.03 Å². The van der Waals surface area contributed by atoms with Crippen LogP contribution in [0.2, 0.25) is 0 Å². The minimum atomic E-state index is -0.569. The lowest BCUT2D eigenvalue weighted by atomic mass is 10.00. The normalized spacial score (nSPS) is 17.9. The molecule has 150 valence electrons. The predicted octanol–water partition coefficient (Wildman–Crippen LogP) is 1.61. The summed E-state index contributed by atoms with van der Waals surface area (Å²) < 4.78 is 0. The number of β-amino-alcohol motifs (C(OH)–C–C–N with tert-alkyl or cyclic N) is 1. The van der Waals surface area contributed by atoms with Crippen molar-refractivity contribution < 1.29 is 9.90 Å². The molecule has 7 heteroatoms. The molecular formula is C22H25N5O2. The van der Waals surface area contributed by atoms with Crippen molar-refractivity contribution >= 4 is 6.03 Å². The number of benzene rings is 1. The summed E-state index contributed by atoms with van der Waals surface area (Å²) in [5, 5.41) is 19.4. The van der Waals surface area contributed by atoms with E-state index in [1.165, 1.54) is 11.1 Å². The van der Waals surface area contributed by atoms with Crippen molar-refractivity contribution in [2.45, 2.75) is 25.6 Å². The number of nitriles is 1. The predicted molar refractivity (Wildman–Crippen MR) is 108 cm³/mol. The van der Waals surface area contributed by atoms with Crippen LogP contribution in [0.25, 0.3) is 0 Å². The minimum absolute atomic E-state index is 0.0580. The molecule has 2 aliphatic rings. The number of aliphatic hydroxyl groups excluding tert-OH is 1. The van der Waals surface area contributed by atoms with E-state index in [0.717, 1.165) is 25.1 Å². The zero-order chi connectivity index (χ0) is 20.2.